The molecular weight excluding hydrogens is 447 g/mol. The topological polar surface area (TPSA) is 44.9 Å². The van der Waals surface area contributed by atoms with Crippen molar-refractivity contribution in [3.8, 4) is 0 Å². The van der Waals surface area contributed by atoms with Gasteiger partial charge in [0.25, 0.3) is 5.91 Å². The first-order chi connectivity index (χ1) is 13.2. The summed E-state index contributed by atoms with van der Waals surface area (Å²) in [6, 6.07) is 26.2. The summed E-state index contributed by atoms with van der Waals surface area (Å²) in [5.74, 6) is 0.0356. The standard InChI is InChI=1S/C23H19IN2O/c24-21-12-6-4-11-18(21)23(27)26-14-19(16-8-2-1-3-9-16)20-15-25-22-13-7-5-10-17(20)22/h1-13,15,19,25H,14H2,(H,26,27). The van der Waals surface area contributed by atoms with Crippen molar-refractivity contribution in [1.29, 1.82) is 0 Å². The number of carbonyl (C=O) groups excluding carboxylic acids is 1. The van der Waals surface area contributed by atoms with Gasteiger partial charge in [0.05, 0.1) is 5.56 Å². The fraction of sp³-hybridized carbons (Fsp3) is 0.0870. The lowest BCUT2D eigenvalue weighted by Crippen LogP contribution is -2.29. The number of aromatic nitrogens is 1. The normalized spacial score (nSPS) is 12.0. The zero-order valence-electron chi connectivity index (χ0n) is 14.7. The second-order valence-corrected chi connectivity index (χ2v) is 7.60. The van der Waals surface area contributed by atoms with Crippen LogP contribution >= 0.6 is 22.6 Å². The molecule has 0 radical (unpaired) electrons. The summed E-state index contributed by atoms with van der Waals surface area (Å²) >= 11 is 2.20. The molecule has 2 N–H and O–H groups in total. The molecule has 1 heterocycles. The number of aromatic amines is 1. The van der Waals surface area contributed by atoms with Gasteiger partial charge in [-0.25, -0.2) is 0 Å². The number of benzene rings is 3. The second kappa shape index (κ2) is 7.96. The van der Waals surface area contributed by atoms with E-state index < -0.39 is 0 Å². The molecule has 0 saturated carbocycles. The van der Waals surface area contributed by atoms with Crippen molar-refractivity contribution in [3.63, 3.8) is 0 Å². The van der Waals surface area contributed by atoms with E-state index in [1.807, 2.05) is 54.6 Å². The van der Waals surface area contributed by atoms with E-state index in [1.165, 1.54) is 16.5 Å². The van der Waals surface area contributed by atoms with Gasteiger partial charge >= 0.3 is 0 Å². The number of H-pyrrole nitrogens is 1. The van der Waals surface area contributed by atoms with Crippen LogP contribution in [0, 0.1) is 3.57 Å². The molecule has 4 aromatic rings. The number of hydrogen-bond donors (Lipinski definition) is 2. The number of nitrogens with one attached hydrogen (secondary N) is 2. The van der Waals surface area contributed by atoms with Gasteiger partial charge in [0, 0.05) is 33.1 Å². The highest BCUT2D eigenvalue weighted by atomic mass is 127. The Bertz CT molecular complexity index is 1070. The van der Waals surface area contributed by atoms with Gasteiger partial charge < -0.3 is 10.3 Å². The number of carbonyl (C=O) groups is 1. The summed E-state index contributed by atoms with van der Waals surface area (Å²) in [4.78, 5) is 16.1. The van der Waals surface area contributed by atoms with Gasteiger partial charge in [-0.1, -0.05) is 60.7 Å². The van der Waals surface area contributed by atoms with Gasteiger partial charge in [0.2, 0.25) is 0 Å². The summed E-state index contributed by atoms with van der Waals surface area (Å²) in [6.07, 6.45) is 2.06. The van der Waals surface area contributed by atoms with Gasteiger partial charge in [-0.15, -0.1) is 0 Å². The Morgan fingerprint density at radius 1 is 0.926 bits per heavy atom. The fourth-order valence-corrected chi connectivity index (χ4v) is 4.04. The first-order valence-electron chi connectivity index (χ1n) is 8.87. The van der Waals surface area contributed by atoms with Crippen LogP contribution in [0.3, 0.4) is 0 Å². The van der Waals surface area contributed by atoms with Crippen LogP contribution in [0.25, 0.3) is 10.9 Å². The molecule has 134 valence electrons. The molecule has 0 saturated heterocycles. The van der Waals surface area contributed by atoms with Gasteiger partial charge in [0.1, 0.15) is 0 Å². The number of rotatable bonds is 5. The SMILES string of the molecule is O=C(NCC(c1ccccc1)c1c[nH]c2ccccc12)c1ccccc1I. The summed E-state index contributed by atoms with van der Waals surface area (Å²) in [5.41, 5.74) is 4.20. The number of amides is 1. The Balaban J connectivity index is 1.65. The van der Waals surface area contributed by atoms with Crippen molar-refractivity contribution in [2.75, 3.05) is 6.54 Å². The molecule has 3 nitrogen and oxygen atoms in total. The van der Waals surface area contributed by atoms with Crippen LogP contribution in [-0.4, -0.2) is 17.4 Å². The molecule has 1 amide bonds. The van der Waals surface area contributed by atoms with E-state index in [1.54, 1.807) is 0 Å². The van der Waals surface area contributed by atoms with Crippen molar-refractivity contribution in [1.82, 2.24) is 10.3 Å². The summed E-state index contributed by atoms with van der Waals surface area (Å²) in [5, 5.41) is 4.32. The van der Waals surface area contributed by atoms with Crippen LogP contribution < -0.4 is 5.32 Å². The van der Waals surface area contributed by atoms with Crippen LogP contribution in [0.5, 0.6) is 0 Å². The molecule has 0 fully saturated rings. The lowest BCUT2D eigenvalue weighted by atomic mass is 9.91. The fourth-order valence-electron chi connectivity index (χ4n) is 3.41. The Morgan fingerprint density at radius 3 is 2.44 bits per heavy atom. The Hall–Kier alpha value is -2.60. The lowest BCUT2D eigenvalue weighted by molar-refractivity contribution is 0.0951. The molecule has 1 aromatic heterocycles. The van der Waals surface area contributed by atoms with E-state index in [4.69, 9.17) is 0 Å². The Morgan fingerprint density at radius 2 is 1.63 bits per heavy atom. The maximum Gasteiger partial charge on any atom is 0.252 e. The van der Waals surface area contributed by atoms with Gasteiger partial charge in [0.15, 0.2) is 0 Å². The Kier molecular flexibility index (Phi) is 5.25. The lowest BCUT2D eigenvalue weighted by Gasteiger charge is -2.18. The summed E-state index contributed by atoms with van der Waals surface area (Å²) in [6.45, 7) is 0.537. The van der Waals surface area contributed by atoms with Crippen molar-refractivity contribution in [3.05, 3.63) is 105 Å². The highest BCUT2D eigenvalue weighted by Crippen LogP contribution is 2.30. The highest BCUT2D eigenvalue weighted by Gasteiger charge is 2.19. The molecule has 0 bridgehead atoms. The zero-order valence-corrected chi connectivity index (χ0v) is 16.8. The smallest absolute Gasteiger partial charge is 0.252 e. The quantitative estimate of drug-likeness (QED) is 0.384. The third-order valence-corrected chi connectivity index (χ3v) is 5.72. The van der Waals surface area contributed by atoms with Crippen molar-refractivity contribution in [2.24, 2.45) is 0 Å². The van der Waals surface area contributed by atoms with E-state index in [9.17, 15) is 4.79 Å². The molecule has 0 aliphatic heterocycles. The molecule has 4 rings (SSSR count). The third-order valence-electron chi connectivity index (χ3n) is 4.78. The maximum atomic E-state index is 12.7. The second-order valence-electron chi connectivity index (χ2n) is 6.44. The van der Waals surface area contributed by atoms with Gasteiger partial charge in [-0.3, -0.25) is 4.79 Å². The minimum atomic E-state index is -0.0410. The van der Waals surface area contributed by atoms with E-state index in [0.29, 0.717) is 12.1 Å². The minimum absolute atomic E-state index is 0.0410. The van der Waals surface area contributed by atoms with Crippen LogP contribution in [0.2, 0.25) is 0 Å². The molecule has 3 aromatic carbocycles. The molecule has 1 atom stereocenters. The first kappa shape index (κ1) is 17.8. The minimum Gasteiger partial charge on any atom is -0.361 e. The van der Waals surface area contributed by atoms with E-state index in [0.717, 1.165) is 9.09 Å². The molecule has 0 spiro atoms. The third kappa shape index (κ3) is 3.76. The number of halogens is 1. The van der Waals surface area contributed by atoms with E-state index >= 15 is 0 Å². The molecule has 1 unspecified atom stereocenters. The Labute approximate surface area is 172 Å². The zero-order chi connectivity index (χ0) is 18.6. The molecule has 27 heavy (non-hydrogen) atoms. The summed E-state index contributed by atoms with van der Waals surface area (Å²) < 4.78 is 0.955. The molecule has 4 heteroatoms. The van der Waals surface area contributed by atoms with Crippen LogP contribution in [0.4, 0.5) is 0 Å². The predicted molar refractivity (Wildman–Crippen MR) is 118 cm³/mol. The van der Waals surface area contributed by atoms with Crippen molar-refractivity contribution >= 4 is 39.4 Å². The van der Waals surface area contributed by atoms with Crippen LogP contribution in [0.1, 0.15) is 27.4 Å². The number of fused-ring (bicyclic) bond motifs is 1. The van der Waals surface area contributed by atoms with E-state index in [2.05, 4.69) is 63.4 Å². The molecular formula is C23H19IN2O. The van der Waals surface area contributed by atoms with E-state index in [-0.39, 0.29) is 11.8 Å². The number of hydrogen-bond acceptors (Lipinski definition) is 1. The maximum absolute atomic E-state index is 12.7. The largest absolute Gasteiger partial charge is 0.361 e. The van der Waals surface area contributed by atoms with Crippen LogP contribution in [-0.2, 0) is 0 Å². The number of para-hydroxylation sites is 1. The first-order valence-corrected chi connectivity index (χ1v) is 9.95. The van der Waals surface area contributed by atoms with Crippen molar-refractivity contribution in [2.45, 2.75) is 5.92 Å². The monoisotopic (exact) mass is 466 g/mol. The average molecular weight is 466 g/mol. The highest BCUT2D eigenvalue weighted by molar-refractivity contribution is 14.1. The molecule has 0 aliphatic rings. The predicted octanol–water partition coefficient (Wildman–Crippen LogP) is 5.33. The van der Waals surface area contributed by atoms with Crippen LogP contribution in [0.15, 0.2) is 85.1 Å². The van der Waals surface area contributed by atoms with Crippen molar-refractivity contribution < 1.29 is 4.79 Å². The van der Waals surface area contributed by atoms with Gasteiger partial charge in [-0.2, -0.15) is 0 Å². The van der Waals surface area contributed by atoms with Gasteiger partial charge in [-0.05, 0) is 51.9 Å². The average Bonchev–Trinajstić information content (AvgIpc) is 3.13. The molecule has 0 aliphatic carbocycles. The summed E-state index contributed by atoms with van der Waals surface area (Å²) in [7, 11) is 0.